The van der Waals surface area contributed by atoms with Crippen molar-refractivity contribution >= 4 is 34.1 Å². The number of carbonyl (C=O) groups is 1. The largest absolute Gasteiger partial charge is 0.379 e. The molecule has 0 saturated heterocycles. The van der Waals surface area contributed by atoms with Crippen molar-refractivity contribution in [3.63, 3.8) is 0 Å². The van der Waals surface area contributed by atoms with Gasteiger partial charge in [-0.1, -0.05) is 18.9 Å². The van der Waals surface area contributed by atoms with Crippen molar-refractivity contribution in [1.29, 1.82) is 0 Å². The molecule has 2 aromatic heterocycles. The van der Waals surface area contributed by atoms with Crippen molar-refractivity contribution in [3.8, 4) is 0 Å². The molecule has 0 aliphatic heterocycles. The summed E-state index contributed by atoms with van der Waals surface area (Å²) in [5.41, 5.74) is 13.1. The van der Waals surface area contributed by atoms with Gasteiger partial charge in [0.2, 0.25) is 0 Å². The van der Waals surface area contributed by atoms with E-state index in [1.807, 2.05) is 31.3 Å². The number of benzene rings is 1. The lowest BCUT2D eigenvalue weighted by atomic mass is 9.91. The lowest BCUT2D eigenvalue weighted by Crippen LogP contribution is -2.43. The molecule has 36 heavy (non-hydrogen) atoms. The van der Waals surface area contributed by atoms with E-state index in [1.165, 1.54) is 0 Å². The van der Waals surface area contributed by atoms with Gasteiger partial charge < -0.3 is 31.6 Å². The van der Waals surface area contributed by atoms with Gasteiger partial charge in [-0.25, -0.2) is 9.37 Å². The zero-order chi connectivity index (χ0) is 25.5. The smallest absolute Gasteiger partial charge is 0.252 e. The maximum atomic E-state index is 14.8. The van der Waals surface area contributed by atoms with Crippen LogP contribution < -0.4 is 22.1 Å². The third-order valence-corrected chi connectivity index (χ3v) is 6.27. The van der Waals surface area contributed by atoms with Gasteiger partial charge in [-0.15, -0.1) is 0 Å². The molecule has 11 heteroatoms. The van der Waals surface area contributed by atoms with Crippen molar-refractivity contribution in [2.24, 2.45) is 11.5 Å². The van der Waals surface area contributed by atoms with Crippen molar-refractivity contribution in [2.75, 3.05) is 37.1 Å². The van der Waals surface area contributed by atoms with E-state index in [2.05, 4.69) is 20.7 Å². The number of hydrogen-bond acceptors (Lipinski definition) is 8. The van der Waals surface area contributed by atoms with Crippen LogP contribution in [0.15, 0.2) is 30.5 Å². The van der Waals surface area contributed by atoms with E-state index in [0.29, 0.717) is 38.7 Å². The normalized spacial score (nSPS) is 17.9. The second-order valence-corrected chi connectivity index (χ2v) is 8.84. The second kappa shape index (κ2) is 12.1. The first-order valence-corrected chi connectivity index (χ1v) is 12.4. The van der Waals surface area contributed by atoms with Crippen LogP contribution in [0.25, 0.3) is 10.9 Å². The zero-order valence-electron chi connectivity index (χ0n) is 20.5. The van der Waals surface area contributed by atoms with Gasteiger partial charge in [0.1, 0.15) is 5.82 Å². The number of carbonyl (C=O) groups excluding carboxylic acids is 1. The molecule has 0 spiro atoms. The van der Waals surface area contributed by atoms with Gasteiger partial charge in [0.25, 0.3) is 5.91 Å². The van der Waals surface area contributed by atoms with Crippen molar-refractivity contribution < 1.29 is 18.7 Å². The van der Waals surface area contributed by atoms with Crippen molar-refractivity contribution in [3.05, 3.63) is 41.8 Å². The molecule has 1 aliphatic rings. The molecular formula is C25H34FN7O3. The van der Waals surface area contributed by atoms with E-state index < -0.39 is 11.7 Å². The summed E-state index contributed by atoms with van der Waals surface area (Å²) in [6.45, 7) is 4.75. The summed E-state index contributed by atoms with van der Waals surface area (Å²) < 4.78 is 27.5. The fraction of sp³-hybridized carbons (Fsp3) is 0.480. The summed E-state index contributed by atoms with van der Waals surface area (Å²) in [6, 6.07) is 6.50. The molecular weight excluding hydrogens is 465 g/mol. The number of nitrogens with two attached hydrogens (primary N) is 2. The maximum Gasteiger partial charge on any atom is 0.252 e. The summed E-state index contributed by atoms with van der Waals surface area (Å²) in [4.78, 5) is 16.5. The predicted molar refractivity (Wildman–Crippen MR) is 137 cm³/mol. The molecule has 4 rings (SSSR count). The number of halogens is 1. The zero-order valence-corrected chi connectivity index (χ0v) is 20.5. The van der Waals surface area contributed by atoms with E-state index in [0.717, 1.165) is 42.7 Å². The number of nitrogens with zero attached hydrogens (tertiary/aromatic N) is 3. The Morgan fingerprint density at radius 2 is 2.00 bits per heavy atom. The molecule has 2 heterocycles. The summed E-state index contributed by atoms with van der Waals surface area (Å²) in [6.07, 6.45) is 5.65. The summed E-state index contributed by atoms with van der Waals surface area (Å²) in [5, 5.41) is 11.7. The van der Waals surface area contributed by atoms with Crippen molar-refractivity contribution in [1.82, 2.24) is 14.8 Å². The Hall–Kier alpha value is -3.28. The van der Waals surface area contributed by atoms with Crippen LogP contribution in [0.2, 0.25) is 0 Å². The van der Waals surface area contributed by atoms with Crippen LogP contribution in [0.5, 0.6) is 0 Å². The molecule has 0 radical (unpaired) electrons. The Labute approximate surface area is 209 Å². The van der Waals surface area contributed by atoms with Crippen molar-refractivity contribution in [2.45, 2.75) is 51.2 Å². The van der Waals surface area contributed by atoms with Crippen LogP contribution in [-0.2, 0) is 16.0 Å². The highest BCUT2D eigenvalue weighted by Gasteiger charge is 2.24. The van der Waals surface area contributed by atoms with Gasteiger partial charge in [-0.05, 0) is 38.0 Å². The van der Waals surface area contributed by atoms with Crippen LogP contribution in [-0.4, -0.2) is 59.2 Å². The second-order valence-electron chi connectivity index (χ2n) is 8.84. The molecule has 2 atom stereocenters. The topological polar surface area (TPSA) is 142 Å². The number of amides is 1. The third-order valence-electron chi connectivity index (χ3n) is 6.27. The summed E-state index contributed by atoms with van der Waals surface area (Å²) >= 11 is 0. The Balaban J connectivity index is 1.54. The molecule has 0 unspecified atom stereocenters. The Kier molecular flexibility index (Phi) is 8.68. The molecule has 1 fully saturated rings. The molecule has 1 saturated carbocycles. The van der Waals surface area contributed by atoms with Crippen LogP contribution in [0.3, 0.4) is 0 Å². The number of ether oxygens (including phenoxy) is 2. The number of fused-ring (bicyclic) bond motifs is 1. The van der Waals surface area contributed by atoms with Gasteiger partial charge in [-0.3, -0.25) is 9.48 Å². The molecule has 194 valence electrons. The van der Waals surface area contributed by atoms with E-state index in [1.54, 1.807) is 4.68 Å². The Morgan fingerprint density at radius 1 is 1.19 bits per heavy atom. The molecule has 1 aliphatic carbocycles. The van der Waals surface area contributed by atoms with E-state index in [9.17, 15) is 9.18 Å². The molecule has 0 bridgehead atoms. The maximum absolute atomic E-state index is 14.8. The van der Waals surface area contributed by atoms with Gasteiger partial charge in [0.15, 0.2) is 11.6 Å². The van der Waals surface area contributed by atoms with Crippen LogP contribution >= 0.6 is 0 Å². The monoisotopic (exact) mass is 499 g/mol. The molecule has 3 aromatic rings. The van der Waals surface area contributed by atoms with E-state index in [4.69, 9.17) is 20.9 Å². The number of primary amides is 1. The minimum absolute atomic E-state index is 0.0388. The first-order valence-electron chi connectivity index (χ1n) is 12.4. The number of anilines is 3. The van der Waals surface area contributed by atoms with Gasteiger partial charge in [0.05, 0.1) is 43.1 Å². The predicted octanol–water partition coefficient (Wildman–Crippen LogP) is 3.15. The summed E-state index contributed by atoms with van der Waals surface area (Å²) in [5.74, 6) is -1.23. The minimum atomic E-state index is -0.781. The van der Waals surface area contributed by atoms with Gasteiger partial charge in [-0.2, -0.15) is 5.10 Å². The fourth-order valence-corrected chi connectivity index (χ4v) is 4.35. The summed E-state index contributed by atoms with van der Waals surface area (Å²) in [7, 11) is 0. The minimum Gasteiger partial charge on any atom is -0.379 e. The van der Waals surface area contributed by atoms with E-state index in [-0.39, 0.29) is 29.3 Å². The Bertz CT molecular complexity index is 1190. The number of rotatable bonds is 12. The van der Waals surface area contributed by atoms with Gasteiger partial charge >= 0.3 is 0 Å². The number of aromatic nitrogens is 3. The number of pyridine rings is 1. The first kappa shape index (κ1) is 25.8. The van der Waals surface area contributed by atoms with Crippen LogP contribution in [0.1, 0.15) is 43.0 Å². The third kappa shape index (κ3) is 6.28. The molecule has 10 nitrogen and oxygen atoms in total. The number of hydrogen-bond donors (Lipinski definition) is 4. The van der Waals surface area contributed by atoms with Gasteiger partial charge in [0, 0.05) is 30.3 Å². The standard InChI is InChI=1S/C25H34FN7O3/c1-2-35-12-13-36-11-10-33-15-17-20(8-5-9-21(17)32-33)29-24-16(23(28)34)14-18(26)25(31-24)30-22-7-4-3-6-19(22)27/h5,8-9,14-15,19,22H,2-4,6-7,10-13,27H2,1H3,(H2,28,34)(H2,29,30,31)/t19-,22+/m0/s1. The highest BCUT2D eigenvalue weighted by molar-refractivity contribution is 6.00. The lowest BCUT2D eigenvalue weighted by molar-refractivity contribution is 0.0488. The van der Waals surface area contributed by atoms with E-state index >= 15 is 0 Å². The van der Waals surface area contributed by atoms with Crippen LogP contribution in [0.4, 0.5) is 21.7 Å². The average Bonchev–Trinajstić information content (AvgIpc) is 3.28. The molecule has 1 amide bonds. The number of nitrogens with one attached hydrogen (secondary N) is 2. The quantitative estimate of drug-likeness (QED) is 0.278. The highest BCUT2D eigenvalue weighted by Crippen LogP contribution is 2.29. The fourth-order valence-electron chi connectivity index (χ4n) is 4.35. The SMILES string of the molecule is CCOCCOCCn1cc2c(Nc3nc(N[C@@H]4CCCC[C@@H]4N)c(F)cc3C(N)=O)cccc2n1. The molecule has 1 aromatic carbocycles. The molecule has 6 N–H and O–H groups in total. The van der Waals surface area contributed by atoms with Crippen LogP contribution in [0, 0.1) is 5.82 Å². The lowest BCUT2D eigenvalue weighted by Gasteiger charge is -2.30. The highest BCUT2D eigenvalue weighted by atomic mass is 19.1. The Morgan fingerprint density at radius 3 is 2.78 bits per heavy atom. The average molecular weight is 500 g/mol. The first-order chi connectivity index (χ1) is 17.5.